The molecular formula is C8H8N2OS. The van der Waals surface area contributed by atoms with Crippen molar-refractivity contribution in [1.29, 1.82) is 0 Å². The average Bonchev–Trinajstić information content (AvgIpc) is 2.75. The molecule has 0 aliphatic heterocycles. The first-order valence-corrected chi connectivity index (χ1v) is 4.45. The Kier molecular flexibility index (Phi) is 1.93. The SMILES string of the molecule is NCc1nc(-c2ccoc2)cs1. The monoisotopic (exact) mass is 180 g/mol. The summed E-state index contributed by atoms with van der Waals surface area (Å²) < 4.78 is 4.95. The van der Waals surface area contributed by atoms with E-state index in [9.17, 15) is 0 Å². The molecule has 0 fully saturated rings. The maximum absolute atomic E-state index is 5.44. The maximum atomic E-state index is 5.44. The van der Waals surface area contributed by atoms with Gasteiger partial charge in [0, 0.05) is 17.5 Å². The van der Waals surface area contributed by atoms with Crippen molar-refractivity contribution in [3.63, 3.8) is 0 Å². The zero-order chi connectivity index (χ0) is 8.39. The van der Waals surface area contributed by atoms with Crippen LogP contribution in [0.3, 0.4) is 0 Å². The first-order valence-electron chi connectivity index (χ1n) is 3.57. The van der Waals surface area contributed by atoms with Gasteiger partial charge in [-0.2, -0.15) is 0 Å². The van der Waals surface area contributed by atoms with Crippen molar-refractivity contribution in [1.82, 2.24) is 4.98 Å². The third kappa shape index (κ3) is 1.26. The van der Waals surface area contributed by atoms with E-state index in [-0.39, 0.29) is 0 Å². The minimum absolute atomic E-state index is 0.502. The molecule has 4 heteroatoms. The normalized spacial score (nSPS) is 10.4. The third-order valence-electron chi connectivity index (χ3n) is 1.54. The molecule has 62 valence electrons. The number of furan rings is 1. The number of hydrogen-bond donors (Lipinski definition) is 1. The van der Waals surface area contributed by atoms with Crippen LogP contribution in [0.4, 0.5) is 0 Å². The summed E-state index contributed by atoms with van der Waals surface area (Å²) in [5, 5.41) is 2.93. The number of nitrogens with zero attached hydrogens (tertiary/aromatic N) is 1. The molecule has 0 aromatic carbocycles. The summed E-state index contributed by atoms with van der Waals surface area (Å²) in [5.74, 6) is 0. The second kappa shape index (κ2) is 3.08. The summed E-state index contributed by atoms with van der Waals surface area (Å²) >= 11 is 1.57. The summed E-state index contributed by atoms with van der Waals surface area (Å²) in [6.45, 7) is 0.502. The van der Waals surface area contributed by atoms with Gasteiger partial charge in [0.25, 0.3) is 0 Å². The molecule has 2 rings (SSSR count). The van der Waals surface area contributed by atoms with Gasteiger partial charge in [0.05, 0.1) is 18.2 Å². The van der Waals surface area contributed by atoms with E-state index in [0.717, 1.165) is 16.3 Å². The van der Waals surface area contributed by atoms with Crippen LogP contribution in [0.2, 0.25) is 0 Å². The molecule has 0 amide bonds. The third-order valence-corrected chi connectivity index (χ3v) is 2.41. The highest BCUT2D eigenvalue weighted by atomic mass is 32.1. The second-order valence-electron chi connectivity index (χ2n) is 2.34. The average molecular weight is 180 g/mol. The van der Waals surface area contributed by atoms with Crippen LogP contribution in [0, 0.1) is 0 Å². The molecule has 2 aromatic heterocycles. The van der Waals surface area contributed by atoms with Crippen molar-refractivity contribution in [2.75, 3.05) is 0 Å². The molecule has 3 nitrogen and oxygen atoms in total. The molecule has 0 unspecified atom stereocenters. The van der Waals surface area contributed by atoms with Gasteiger partial charge in [-0.05, 0) is 6.07 Å². The number of nitrogens with two attached hydrogens (primary N) is 1. The van der Waals surface area contributed by atoms with E-state index in [4.69, 9.17) is 10.2 Å². The van der Waals surface area contributed by atoms with Crippen LogP contribution < -0.4 is 5.73 Å². The molecule has 0 saturated carbocycles. The van der Waals surface area contributed by atoms with Gasteiger partial charge in [0.15, 0.2) is 0 Å². The molecular weight excluding hydrogens is 172 g/mol. The van der Waals surface area contributed by atoms with Crippen LogP contribution >= 0.6 is 11.3 Å². The first kappa shape index (κ1) is 7.52. The lowest BCUT2D eigenvalue weighted by Crippen LogP contribution is -1.94. The van der Waals surface area contributed by atoms with E-state index in [1.54, 1.807) is 23.9 Å². The predicted octanol–water partition coefficient (Wildman–Crippen LogP) is 1.86. The molecule has 0 saturated heterocycles. The van der Waals surface area contributed by atoms with Crippen molar-refractivity contribution < 1.29 is 4.42 Å². The van der Waals surface area contributed by atoms with Crippen LogP contribution in [0.25, 0.3) is 11.3 Å². The fourth-order valence-corrected chi connectivity index (χ4v) is 1.63. The smallest absolute Gasteiger partial charge is 0.107 e. The summed E-state index contributed by atoms with van der Waals surface area (Å²) in [7, 11) is 0. The van der Waals surface area contributed by atoms with Gasteiger partial charge >= 0.3 is 0 Å². The molecule has 2 aromatic rings. The molecule has 2 heterocycles. The summed E-state index contributed by atoms with van der Waals surface area (Å²) in [5.41, 5.74) is 7.39. The van der Waals surface area contributed by atoms with Crippen LogP contribution in [0.15, 0.2) is 28.4 Å². The zero-order valence-electron chi connectivity index (χ0n) is 6.36. The lowest BCUT2D eigenvalue weighted by atomic mass is 10.3. The Balaban J connectivity index is 2.35. The van der Waals surface area contributed by atoms with Crippen LogP contribution in [-0.4, -0.2) is 4.98 Å². The van der Waals surface area contributed by atoms with E-state index < -0.39 is 0 Å². The Morgan fingerprint density at radius 2 is 2.50 bits per heavy atom. The van der Waals surface area contributed by atoms with Gasteiger partial charge < -0.3 is 10.2 Å². The van der Waals surface area contributed by atoms with E-state index >= 15 is 0 Å². The second-order valence-corrected chi connectivity index (χ2v) is 3.29. The fraction of sp³-hybridized carbons (Fsp3) is 0.125. The number of rotatable bonds is 2. The largest absolute Gasteiger partial charge is 0.472 e. The lowest BCUT2D eigenvalue weighted by molar-refractivity contribution is 0.568. The fourth-order valence-electron chi connectivity index (χ4n) is 0.947. The molecule has 0 spiro atoms. The first-order chi connectivity index (χ1) is 5.90. The summed E-state index contributed by atoms with van der Waals surface area (Å²) in [6, 6.07) is 1.88. The topological polar surface area (TPSA) is 52.0 Å². The lowest BCUT2D eigenvalue weighted by Gasteiger charge is -1.86. The summed E-state index contributed by atoms with van der Waals surface area (Å²) in [6.07, 6.45) is 3.31. The van der Waals surface area contributed by atoms with Crippen LogP contribution in [0.5, 0.6) is 0 Å². The van der Waals surface area contributed by atoms with Gasteiger partial charge in [-0.15, -0.1) is 11.3 Å². The summed E-state index contributed by atoms with van der Waals surface area (Å²) in [4.78, 5) is 4.30. The van der Waals surface area contributed by atoms with Gasteiger partial charge in [0.1, 0.15) is 5.01 Å². The van der Waals surface area contributed by atoms with Gasteiger partial charge in [0.2, 0.25) is 0 Å². The zero-order valence-corrected chi connectivity index (χ0v) is 7.17. The van der Waals surface area contributed by atoms with E-state index in [0.29, 0.717) is 6.54 Å². The standard InChI is InChI=1S/C8H8N2OS/c9-3-8-10-7(5-12-8)6-1-2-11-4-6/h1-2,4-5H,3,9H2. The van der Waals surface area contributed by atoms with Crippen molar-refractivity contribution in [2.45, 2.75) is 6.54 Å². The molecule has 12 heavy (non-hydrogen) atoms. The Morgan fingerprint density at radius 1 is 1.58 bits per heavy atom. The highest BCUT2D eigenvalue weighted by Crippen LogP contribution is 2.21. The maximum Gasteiger partial charge on any atom is 0.107 e. The Bertz CT molecular complexity index is 353. The van der Waals surface area contributed by atoms with Crippen LogP contribution in [-0.2, 0) is 6.54 Å². The Morgan fingerprint density at radius 3 is 3.08 bits per heavy atom. The van der Waals surface area contributed by atoms with E-state index in [1.807, 2.05) is 11.4 Å². The highest BCUT2D eigenvalue weighted by Gasteiger charge is 2.03. The molecule has 0 aliphatic carbocycles. The number of hydrogen-bond acceptors (Lipinski definition) is 4. The molecule has 2 N–H and O–H groups in total. The predicted molar refractivity (Wildman–Crippen MR) is 47.7 cm³/mol. The number of aromatic nitrogens is 1. The van der Waals surface area contributed by atoms with Crippen molar-refractivity contribution >= 4 is 11.3 Å². The minimum atomic E-state index is 0.502. The molecule has 0 aliphatic rings. The van der Waals surface area contributed by atoms with E-state index in [1.165, 1.54) is 0 Å². The Labute approximate surface area is 73.8 Å². The Hall–Kier alpha value is -1.13. The molecule has 0 bridgehead atoms. The van der Waals surface area contributed by atoms with Gasteiger partial charge in [-0.3, -0.25) is 0 Å². The van der Waals surface area contributed by atoms with Crippen LogP contribution in [0.1, 0.15) is 5.01 Å². The van der Waals surface area contributed by atoms with Crippen molar-refractivity contribution in [3.05, 3.63) is 29.0 Å². The highest BCUT2D eigenvalue weighted by molar-refractivity contribution is 7.09. The van der Waals surface area contributed by atoms with Crippen molar-refractivity contribution in [3.8, 4) is 11.3 Å². The molecule has 0 radical (unpaired) electrons. The van der Waals surface area contributed by atoms with Gasteiger partial charge in [-0.1, -0.05) is 0 Å². The van der Waals surface area contributed by atoms with Crippen molar-refractivity contribution in [2.24, 2.45) is 5.73 Å². The van der Waals surface area contributed by atoms with Gasteiger partial charge in [-0.25, -0.2) is 4.98 Å². The number of thiazole rings is 1. The quantitative estimate of drug-likeness (QED) is 0.767. The minimum Gasteiger partial charge on any atom is -0.472 e. The molecule has 0 atom stereocenters. The van der Waals surface area contributed by atoms with E-state index in [2.05, 4.69) is 4.98 Å².